The predicted octanol–water partition coefficient (Wildman–Crippen LogP) is 13.9. The van der Waals surface area contributed by atoms with Crippen molar-refractivity contribution >= 4 is 75.1 Å². The van der Waals surface area contributed by atoms with Crippen LogP contribution in [0, 0.1) is 6.92 Å². The zero-order chi connectivity index (χ0) is 59.6. The van der Waals surface area contributed by atoms with E-state index < -0.39 is 258 Å². The second kappa shape index (κ2) is 11.3. The van der Waals surface area contributed by atoms with E-state index in [9.17, 15) is 16.4 Å². The number of hydrogen-bond acceptors (Lipinski definition) is 1. The number of fused-ring (bicyclic) bond motifs is 10. The van der Waals surface area contributed by atoms with Crippen molar-refractivity contribution in [2.45, 2.75) is 6.92 Å². The zero-order valence-corrected chi connectivity index (χ0v) is 27.1. The molecule has 3 heteroatoms. The molecule has 0 unspecified atom stereocenters. The standard InChI is InChI=1S/C49H32N2S/c1-31-13-9-17-34(29-31)50-42-25-7-5-19-40(42)46-44(50)27-28-45-47(46)41-20-6-8-26-43(41)51(45)35-18-10-16-33(30-35)37-22-12-24-39-38-23-11-21-36(48(38)52-49(37)39)32-14-3-2-4-15-32/h2-30H,1H3/i2D,3D,4D,5D,6D,7D,8D,9D,10D,11D,12D,13D,14D,15D,16D,17D,18D,19D,20D,21D,22D,23D,24D,25D,26D,27D,28D,29D,30D. The van der Waals surface area contributed by atoms with Crippen LogP contribution in [0.15, 0.2) is 175 Å². The van der Waals surface area contributed by atoms with Crippen LogP contribution in [0.2, 0.25) is 0 Å². The molecule has 0 amide bonds. The highest BCUT2D eigenvalue weighted by atomic mass is 32.1. The molecule has 52 heavy (non-hydrogen) atoms. The average Bonchev–Trinajstić information content (AvgIpc) is 3.96. The first kappa shape index (κ1) is 12.7. The molecule has 0 bridgehead atoms. The highest BCUT2D eigenvalue weighted by molar-refractivity contribution is 7.26. The molecule has 0 fully saturated rings. The van der Waals surface area contributed by atoms with E-state index in [1.165, 1.54) is 6.92 Å². The van der Waals surface area contributed by atoms with Crippen LogP contribution in [0.3, 0.4) is 0 Å². The maximum Gasteiger partial charge on any atom is 0.0651 e. The number of benzene rings is 8. The lowest BCUT2D eigenvalue weighted by Gasteiger charge is -2.11. The Kier molecular flexibility index (Phi) is 2.75. The van der Waals surface area contributed by atoms with E-state index in [0.717, 1.165) is 9.13 Å². The van der Waals surface area contributed by atoms with Gasteiger partial charge in [-0.15, -0.1) is 11.3 Å². The molecule has 0 radical (unpaired) electrons. The van der Waals surface area contributed by atoms with Crippen LogP contribution in [0.1, 0.15) is 45.3 Å². The van der Waals surface area contributed by atoms with Crippen LogP contribution in [-0.2, 0) is 0 Å². The molecule has 0 aliphatic heterocycles. The van der Waals surface area contributed by atoms with Gasteiger partial charge in [0.2, 0.25) is 0 Å². The lowest BCUT2D eigenvalue weighted by molar-refractivity contribution is 1.17. The van der Waals surface area contributed by atoms with Gasteiger partial charge in [-0.25, -0.2) is 0 Å². The molecule has 11 aromatic rings. The van der Waals surface area contributed by atoms with Crippen molar-refractivity contribution in [3.05, 3.63) is 181 Å². The fraction of sp³-hybridized carbons (Fsp3) is 0.0204. The summed E-state index contributed by atoms with van der Waals surface area (Å²) in [6, 6.07) is -24.5. The van der Waals surface area contributed by atoms with E-state index in [4.69, 9.17) is 23.3 Å². The Morgan fingerprint density at radius 3 is 1.52 bits per heavy atom. The Morgan fingerprint density at radius 2 is 0.885 bits per heavy atom. The Bertz CT molecular complexity index is 4820. The molecule has 0 atom stereocenters. The van der Waals surface area contributed by atoms with Crippen LogP contribution in [0.25, 0.3) is 97.4 Å². The maximum atomic E-state index is 10.1. The topological polar surface area (TPSA) is 9.86 Å². The van der Waals surface area contributed by atoms with Crippen molar-refractivity contribution in [1.29, 1.82) is 0 Å². The molecule has 0 N–H and O–H groups in total. The first-order valence-corrected chi connectivity index (χ1v) is 16.3. The molecule has 8 aromatic carbocycles. The number of nitrogens with zero attached hydrogens (tertiary/aromatic N) is 2. The minimum atomic E-state index is -1.04. The van der Waals surface area contributed by atoms with Crippen molar-refractivity contribution in [3.63, 3.8) is 0 Å². The lowest BCUT2D eigenvalue weighted by atomic mass is 10.00. The van der Waals surface area contributed by atoms with Crippen LogP contribution >= 0.6 is 11.3 Å². The number of para-hydroxylation sites is 2. The quantitative estimate of drug-likeness (QED) is 0.172. The molecule has 0 aliphatic rings. The molecule has 0 saturated heterocycles. The monoisotopic (exact) mass is 709 g/mol. The van der Waals surface area contributed by atoms with E-state index in [2.05, 4.69) is 0 Å². The average molecular weight is 710 g/mol. The predicted molar refractivity (Wildman–Crippen MR) is 224 cm³/mol. The van der Waals surface area contributed by atoms with Crippen molar-refractivity contribution in [3.8, 4) is 33.6 Å². The van der Waals surface area contributed by atoms with Crippen LogP contribution in [0.5, 0.6) is 0 Å². The minimum Gasteiger partial charge on any atom is -0.309 e. The Morgan fingerprint density at radius 1 is 0.404 bits per heavy atom. The third-order valence-corrected chi connectivity index (χ3v) is 9.89. The molecule has 11 rings (SSSR count). The van der Waals surface area contributed by atoms with E-state index in [0.29, 0.717) is 11.3 Å². The van der Waals surface area contributed by atoms with Gasteiger partial charge >= 0.3 is 0 Å². The second-order valence-electron chi connectivity index (χ2n) is 11.5. The third-order valence-electron chi connectivity index (χ3n) is 8.66. The van der Waals surface area contributed by atoms with Crippen LogP contribution in [0.4, 0.5) is 0 Å². The van der Waals surface area contributed by atoms with Gasteiger partial charge in [0.1, 0.15) is 0 Å². The molecular weight excluding hydrogens is 649 g/mol. The molecule has 0 spiro atoms. The SMILES string of the molecule is [2H]c1c([2H])c([2H])c(-c2c([2H])c([2H])c([2H])c3c2sc2c(-c4c([2H])c([2H])c([2H])c(-n5c6c([2H])c([2H])c([2H])c([2H])c6c6c7c8c([2H])c([2H])c([2H])c([2H])c8n(-c8c([2H])c([2H])c([2H])c(C)c8[2H])c7c([2H])c([2H])c65)c4[2H])c([2H])c([2H])c([2H])c23)c([2H])c1[2H]. The lowest BCUT2D eigenvalue weighted by Crippen LogP contribution is -1.95. The van der Waals surface area contributed by atoms with Crippen molar-refractivity contribution in [2.75, 3.05) is 0 Å². The van der Waals surface area contributed by atoms with E-state index >= 15 is 0 Å². The zero-order valence-electron chi connectivity index (χ0n) is 55.3. The summed E-state index contributed by atoms with van der Waals surface area (Å²) in [7, 11) is 0. The number of thiophene rings is 1. The van der Waals surface area contributed by atoms with Gasteiger partial charge in [-0.05, 0) is 83.1 Å². The van der Waals surface area contributed by atoms with E-state index in [-0.39, 0.29) is 20.3 Å². The fourth-order valence-corrected chi connectivity index (χ4v) is 7.79. The molecule has 0 aliphatic carbocycles. The summed E-state index contributed by atoms with van der Waals surface area (Å²) in [6.45, 7) is 1.29. The third kappa shape index (κ3) is 4.24. The fourth-order valence-electron chi connectivity index (χ4n) is 6.56. The van der Waals surface area contributed by atoms with Gasteiger partial charge in [0.15, 0.2) is 0 Å². The first-order chi connectivity index (χ1) is 37.8. The van der Waals surface area contributed by atoms with Gasteiger partial charge in [0.25, 0.3) is 0 Å². The number of rotatable bonds is 4. The Hall–Kier alpha value is -6.42. The molecule has 3 aromatic heterocycles. The molecule has 0 saturated carbocycles. The van der Waals surface area contributed by atoms with Gasteiger partial charge in [-0.3, -0.25) is 0 Å². The largest absolute Gasteiger partial charge is 0.309 e. The van der Waals surface area contributed by atoms with E-state index in [1.807, 2.05) is 0 Å². The van der Waals surface area contributed by atoms with Gasteiger partial charge < -0.3 is 9.13 Å². The summed E-state index contributed by atoms with van der Waals surface area (Å²) in [4.78, 5) is 0. The van der Waals surface area contributed by atoms with Gasteiger partial charge in [0.05, 0.1) is 61.8 Å². The highest BCUT2D eigenvalue weighted by Crippen LogP contribution is 2.45. The Labute approximate surface area is 345 Å². The van der Waals surface area contributed by atoms with Gasteiger partial charge in [-0.2, -0.15) is 0 Å². The molecular formula is C49H32N2S. The first-order valence-electron chi connectivity index (χ1n) is 30.0. The van der Waals surface area contributed by atoms with Crippen molar-refractivity contribution in [2.24, 2.45) is 0 Å². The van der Waals surface area contributed by atoms with Gasteiger partial charge in [0, 0.05) is 53.1 Å². The van der Waals surface area contributed by atoms with Crippen molar-refractivity contribution < 1.29 is 39.8 Å². The maximum absolute atomic E-state index is 10.1. The summed E-state index contributed by atoms with van der Waals surface area (Å²) in [5, 5.41) is -2.68. The molecule has 2 nitrogen and oxygen atoms in total. The van der Waals surface area contributed by atoms with Crippen molar-refractivity contribution in [1.82, 2.24) is 9.13 Å². The van der Waals surface area contributed by atoms with Gasteiger partial charge in [-0.1, -0.05) is 127 Å². The summed E-state index contributed by atoms with van der Waals surface area (Å²) in [5.41, 5.74) is -6.33. The Balaban J connectivity index is 1.39. The summed E-state index contributed by atoms with van der Waals surface area (Å²) in [5.74, 6) is 0. The normalized spacial score (nSPS) is 19.8. The molecule has 3 heterocycles. The van der Waals surface area contributed by atoms with Crippen LogP contribution in [-0.4, -0.2) is 9.13 Å². The van der Waals surface area contributed by atoms with Crippen LogP contribution < -0.4 is 0 Å². The number of hydrogen-bond donors (Lipinski definition) is 0. The minimum absolute atomic E-state index is 0.160. The smallest absolute Gasteiger partial charge is 0.0651 e. The highest BCUT2D eigenvalue weighted by Gasteiger charge is 2.21. The summed E-state index contributed by atoms with van der Waals surface area (Å²) in [6.07, 6.45) is 0. The van der Waals surface area contributed by atoms with E-state index in [1.54, 1.807) is 0 Å². The molecule has 244 valence electrons. The second-order valence-corrected chi connectivity index (χ2v) is 12.5. The summed E-state index contributed by atoms with van der Waals surface area (Å²) < 4.78 is 265. The summed E-state index contributed by atoms with van der Waals surface area (Å²) >= 11 is 0.540. The number of aromatic nitrogens is 2.